The fraction of sp³-hybridized carbons (Fsp3) is 0.467. The van der Waals surface area contributed by atoms with Gasteiger partial charge >= 0.3 is 0 Å². The first-order chi connectivity index (χ1) is 11.2. The number of nitrogens with zero attached hydrogens (tertiary/aromatic N) is 3. The average molecular weight is 354 g/mol. The van der Waals surface area contributed by atoms with Crippen molar-refractivity contribution in [3.8, 4) is 0 Å². The summed E-state index contributed by atoms with van der Waals surface area (Å²) >= 11 is 0. The zero-order valence-corrected chi connectivity index (χ0v) is 15.3. The Balaban J connectivity index is 2.34. The minimum Gasteiger partial charge on any atom is -0.359 e. The summed E-state index contributed by atoms with van der Waals surface area (Å²) in [7, 11) is -1.98. The van der Waals surface area contributed by atoms with Crippen LogP contribution in [0.4, 0.5) is 5.69 Å². The van der Waals surface area contributed by atoms with E-state index in [-0.39, 0.29) is 10.6 Å². The zero-order valence-electron chi connectivity index (χ0n) is 14.5. The molecule has 0 aliphatic rings. The zero-order chi connectivity index (χ0) is 18.1. The van der Waals surface area contributed by atoms with Crippen molar-refractivity contribution in [2.45, 2.75) is 32.6 Å². The van der Waals surface area contributed by atoms with Crippen molar-refractivity contribution >= 4 is 21.6 Å². The van der Waals surface area contributed by atoms with Gasteiger partial charge < -0.3 is 14.4 Å². The summed E-state index contributed by atoms with van der Waals surface area (Å²) in [6.07, 6.45) is 1.44. The van der Waals surface area contributed by atoms with E-state index < -0.39 is 15.9 Å². The van der Waals surface area contributed by atoms with Gasteiger partial charge in [-0.2, -0.15) is 4.31 Å². The number of anilines is 1. The largest absolute Gasteiger partial charge is 0.359 e. The van der Waals surface area contributed by atoms with E-state index in [0.29, 0.717) is 30.2 Å². The molecule has 0 atom stereocenters. The summed E-state index contributed by atoms with van der Waals surface area (Å²) in [6.45, 7) is 7.69. The van der Waals surface area contributed by atoms with Gasteiger partial charge in [-0.3, -0.25) is 4.79 Å². The van der Waals surface area contributed by atoms with Crippen molar-refractivity contribution < 1.29 is 17.7 Å². The molecule has 0 unspecified atom stereocenters. The van der Waals surface area contributed by atoms with Gasteiger partial charge in [0.05, 0.1) is 0 Å². The standard InChI is InChI=1S/C15H22N4O4S/c1-6-19(7-2)24(21,22)12-8-13(18(5)9-12)15(20)16-14-10(3)17-23-11(14)4/h8-9H,6-7H2,1-5H3,(H,16,20). The molecule has 9 heteroatoms. The molecule has 0 aliphatic carbocycles. The Morgan fingerprint density at radius 1 is 1.33 bits per heavy atom. The average Bonchev–Trinajstić information content (AvgIpc) is 3.06. The molecular formula is C15H22N4O4S. The number of rotatable bonds is 6. The van der Waals surface area contributed by atoms with Gasteiger partial charge in [-0.15, -0.1) is 0 Å². The number of sulfonamides is 1. The molecule has 1 N–H and O–H groups in total. The summed E-state index contributed by atoms with van der Waals surface area (Å²) < 4.78 is 33.0. The molecule has 0 radical (unpaired) electrons. The van der Waals surface area contributed by atoms with Crippen molar-refractivity contribution in [3.05, 3.63) is 29.4 Å². The van der Waals surface area contributed by atoms with Gasteiger partial charge in [0.1, 0.15) is 22.0 Å². The molecule has 0 bridgehead atoms. The topological polar surface area (TPSA) is 97.4 Å². The highest BCUT2D eigenvalue weighted by molar-refractivity contribution is 7.89. The minimum absolute atomic E-state index is 0.0950. The molecule has 2 rings (SSSR count). The summed E-state index contributed by atoms with van der Waals surface area (Å²) in [5.41, 5.74) is 1.29. The number of aryl methyl sites for hydroxylation is 3. The van der Waals surface area contributed by atoms with E-state index in [1.165, 1.54) is 21.1 Å². The third-order valence-corrected chi connectivity index (χ3v) is 5.84. The highest BCUT2D eigenvalue weighted by Gasteiger charge is 2.26. The lowest BCUT2D eigenvalue weighted by molar-refractivity contribution is 0.101. The quantitative estimate of drug-likeness (QED) is 0.854. The fourth-order valence-corrected chi connectivity index (χ4v) is 3.98. The van der Waals surface area contributed by atoms with Crippen molar-refractivity contribution in [2.75, 3.05) is 18.4 Å². The minimum atomic E-state index is -3.61. The van der Waals surface area contributed by atoms with Crippen molar-refractivity contribution in [1.29, 1.82) is 0 Å². The molecule has 0 saturated heterocycles. The van der Waals surface area contributed by atoms with E-state index in [4.69, 9.17) is 4.52 Å². The third kappa shape index (κ3) is 3.22. The summed E-state index contributed by atoms with van der Waals surface area (Å²) in [4.78, 5) is 12.6. The molecule has 132 valence electrons. The molecular weight excluding hydrogens is 332 g/mol. The molecule has 2 aromatic heterocycles. The van der Waals surface area contributed by atoms with E-state index in [9.17, 15) is 13.2 Å². The number of nitrogens with one attached hydrogen (secondary N) is 1. The number of amides is 1. The smallest absolute Gasteiger partial charge is 0.272 e. The van der Waals surface area contributed by atoms with E-state index in [1.807, 2.05) is 0 Å². The molecule has 0 saturated carbocycles. The Morgan fingerprint density at radius 3 is 2.46 bits per heavy atom. The molecule has 2 heterocycles. The predicted octanol–water partition coefficient (Wildman–Crippen LogP) is 1.91. The lowest BCUT2D eigenvalue weighted by Crippen LogP contribution is -2.30. The highest BCUT2D eigenvalue weighted by atomic mass is 32.2. The summed E-state index contributed by atoms with van der Waals surface area (Å²) in [5, 5.41) is 6.49. The first-order valence-corrected chi connectivity index (χ1v) is 9.07. The van der Waals surface area contributed by atoms with Crippen LogP contribution in [0.3, 0.4) is 0 Å². The molecule has 8 nitrogen and oxygen atoms in total. The molecule has 0 spiro atoms. The van der Waals surface area contributed by atoms with Crippen molar-refractivity contribution in [3.63, 3.8) is 0 Å². The van der Waals surface area contributed by atoms with Gasteiger partial charge in [0.15, 0.2) is 5.76 Å². The van der Waals surface area contributed by atoms with Crippen molar-refractivity contribution in [1.82, 2.24) is 14.0 Å². The van der Waals surface area contributed by atoms with Crippen LogP contribution in [0.25, 0.3) is 0 Å². The van der Waals surface area contributed by atoms with Crippen LogP contribution < -0.4 is 5.32 Å². The first-order valence-electron chi connectivity index (χ1n) is 7.63. The maximum atomic E-state index is 12.6. The molecule has 24 heavy (non-hydrogen) atoms. The van der Waals surface area contributed by atoms with Gasteiger partial charge in [-0.1, -0.05) is 19.0 Å². The Bertz CT molecular complexity index is 827. The Kier molecular flexibility index (Phi) is 5.14. The van der Waals surface area contributed by atoms with Crippen LogP contribution in [-0.2, 0) is 17.1 Å². The van der Waals surface area contributed by atoms with Crippen LogP contribution in [0.5, 0.6) is 0 Å². The lowest BCUT2D eigenvalue weighted by Gasteiger charge is -2.17. The number of carbonyl (C=O) groups is 1. The van der Waals surface area contributed by atoms with Crippen LogP contribution in [0.15, 0.2) is 21.7 Å². The number of hydrogen-bond donors (Lipinski definition) is 1. The normalized spacial score (nSPS) is 11.9. The van der Waals surface area contributed by atoms with E-state index in [2.05, 4.69) is 10.5 Å². The molecule has 0 fully saturated rings. The molecule has 1 amide bonds. The Morgan fingerprint density at radius 2 is 1.96 bits per heavy atom. The maximum Gasteiger partial charge on any atom is 0.272 e. The van der Waals surface area contributed by atoms with Crippen LogP contribution in [-0.4, -0.2) is 41.4 Å². The van der Waals surface area contributed by atoms with Gasteiger partial charge in [0.25, 0.3) is 5.91 Å². The van der Waals surface area contributed by atoms with Gasteiger partial charge in [-0.25, -0.2) is 8.42 Å². The Hall–Kier alpha value is -2.13. The lowest BCUT2D eigenvalue weighted by atomic mass is 10.3. The van der Waals surface area contributed by atoms with Gasteiger partial charge in [-0.05, 0) is 19.9 Å². The fourth-order valence-electron chi connectivity index (χ4n) is 2.45. The number of carbonyl (C=O) groups excluding carboxylic acids is 1. The SMILES string of the molecule is CCN(CC)S(=O)(=O)c1cc(C(=O)Nc2c(C)noc2C)n(C)c1. The molecule has 0 aromatic carbocycles. The van der Waals surface area contributed by atoms with E-state index >= 15 is 0 Å². The summed E-state index contributed by atoms with van der Waals surface area (Å²) in [6, 6.07) is 1.38. The van der Waals surface area contributed by atoms with Gasteiger partial charge in [0.2, 0.25) is 10.0 Å². The van der Waals surface area contributed by atoms with Crippen LogP contribution in [0, 0.1) is 13.8 Å². The third-order valence-electron chi connectivity index (χ3n) is 3.83. The monoisotopic (exact) mass is 354 g/mol. The van der Waals surface area contributed by atoms with Gasteiger partial charge in [0, 0.05) is 26.3 Å². The number of aromatic nitrogens is 2. The van der Waals surface area contributed by atoms with Crippen LogP contribution >= 0.6 is 0 Å². The molecule has 2 aromatic rings. The van der Waals surface area contributed by atoms with Crippen LogP contribution in [0.2, 0.25) is 0 Å². The van der Waals surface area contributed by atoms with E-state index in [0.717, 1.165) is 0 Å². The molecule has 0 aliphatic heterocycles. The second-order valence-electron chi connectivity index (χ2n) is 5.41. The first kappa shape index (κ1) is 18.2. The van der Waals surface area contributed by atoms with E-state index in [1.54, 1.807) is 34.7 Å². The van der Waals surface area contributed by atoms with Crippen molar-refractivity contribution in [2.24, 2.45) is 7.05 Å². The maximum absolute atomic E-state index is 12.6. The highest BCUT2D eigenvalue weighted by Crippen LogP contribution is 2.22. The number of hydrogen-bond acceptors (Lipinski definition) is 5. The Labute approximate surface area is 141 Å². The van der Waals surface area contributed by atoms with Crippen LogP contribution in [0.1, 0.15) is 35.8 Å². The second-order valence-corrected chi connectivity index (χ2v) is 7.35. The second kappa shape index (κ2) is 6.78. The summed E-state index contributed by atoms with van der Waals surface area (Å²) in [5.74, 6) is 0.0685. The predicted molar refractivity (Wildman–Crippen MR) is 89.5 cm³/mol.